The highest BCUT2D eigenvalue weighted by atomic mass is 19.1. The van der Waals surface area contributed by atoms with Crippen LogP contribution >= 0.6 is 0 Å². The number of carbonyl (C=O) groups is 1. The van der Waals surface area contributed by atoms with E-state index in [9.17, 15) is 13.6 Å². The Morgan fingerprint density at radius 1 is 1.25 bits per heavy atom. The molecule has 3 rings (SSSR count). The SMILES string of the molecule is CC(C)Nc1ncc(C(=O)N2CCCC(CCc3c(F)cccc3F)C2)cn1. The number of carbonyl (C=O) groups excluding carboxylic acids is 1. The first-order valence-electron chi connectivity index (χ1n) is 9.74. The number of aromatic nitrogens is 2. The maximum Gasteiger partial charge on any atom is 0.257 e. The minimum absolute atomic E-state index is 0.0992. The molecule has 1 aliphatic rings. The third-order valence-electron chi connectivity index (χ3n) is 4.99. The zero-order valence-corrected chi connectivity index (χ0v) is 16.3. The minimum Gasteiger partial charge on any atom is -0.352 e. The van der Waals surface area contributed by atoms with Crippen molar-refractivity contribution in [3.8, 4) is 0 Å². The molecule has 0 radical (unpaired) electrons. The van der Waals surface area contributed by atoms with Crippen LogP contribution in [-0.2, 0) is 6.42 Å². The summed E-state index contributed by atoms with van der Waals surface area (Å²) in [7, 11) is 0. The predicted molar refractivity (Wildman–Crippen MR) is 104 cm³/mol. The molecule has 1 aromatic heterocycles. The number of amides is 1. The Labute approximate surface area is 164 Å². The lowest BCUT2D eigenvalue weighted by molar-refractivity contribution is 0.0667. The molecule has 1 saturated heterocycles. The number of nitrogens with zero attached hydrogens (tertiary/aromatic N) is 3. The summed E-state index contributed by atoms with van der Waals surface area (Å²) >= 11 is 0. The molecule has 1 N–H and O–H groups in total. The summed E-state index contributed by atoms with van der Waals surface area (Å²) < 4.78 is 27.6. The van der Waals surface area contributed by atoms with E-state index in [0.29, 0.717) is 37.4 Å². The molecule has 0 aliphatic carbocycles. The van der Waals surface area contributed by atoms with Crippen LogP contribution in [0.25, 0.3) is 0 Å². The van der Waals surface area contributed by atoms with Crippen LogP contribution < -0.4 is 5.32 Å². The topological polar surface area (TPSA) is 58.1 Å². The van der Waals surface area contributed by atoms with Crippen molar-refractivity contribution in [2.24, 2.45) is 5.92 Å². The first-order chi connectivity index (χ1) is 13.4. The van der Waals surface area contributed by atoms with E-state index in [1.165, 1.54) is 18.2 Å². The average Bonchev–Trinajstić information content (AvgIpc) is 2.67. The van der Waals surface area contributed by atoms with Crippen molar-refractivity contribution in [2.75, 3.05) is 18.4 Å². The lowest BCUT2D eigenvalue weighted by Gasteiger charge is -2.33. The van der Waals surface area contributed by atoms with Crippen LogP contribution in [0.1, 0.15) is 49.0 Å². The molecule has 2 aromatic rings. The molecule has 150 valence electrons. The summed E-state index contributed by atoms with van der Waals surface area (Å²) in [6.07, 6.45) is 5.90. The van der Waals surface area contributed by atoms with Gasteiger partial charge in [-0.3, -0.25) is 4.79 Å². The molecule has 0 bridgehead atoms. The van der Waals surface area contributed by atoms with Gasteiger partial charge in [0.25, 0.3) is 5.91 Å². The van der Waals surface area contributed by atoms with Crippen molar-refractivity contribution in [2.45, 2.75) is 45.6 Å². The van der Waals surface area contributed by atoms with Gasteiger partial charge in [-0.15, -0.1) is 0 Å². The summed E-state index contributed by atoms with van der Waals surface area (Å²) in [5.41, 5.74) is 0.586. The first kappa shape index (κ1) is 20.2. The van der Waals surface area contributed by atoms with Gasteiger partial charge in [0.05, 0.1) is 5.56 Å². The number of halogens is 2. The smallest absolute Gasteiger partial charge is 0.257 e. The summed E-state index contributed by atoms with van der Waals surface area (Å²) in [5.74, 6) is -0.390. The highest BCUT2D eigenvalue weighted by molar-refractivity contribution is 5.93. The standard InChI is InChI=1S/C21H26F2N4O/c1-14(2)26-21-24-11-16(12-25-21)20(28)27-10-4-5-15(13-27)8-9-17-18(22)6-3-7-19(17)23/h3,6-7,11-12,14-15H,4-5,8-10,13H2,1-2H3,(H,24,25,26). The third-order valence-corrected chi connectivity index (χ3v) is 4.99. The highest BCUT2D eigenvalue weighted by Crippen LogP contribution is 2.24. The van der Waals surface area contributed by atoms with Crippen LogP contribution in [-0.4, -0.2) is 39.9 Å². The van der Waals surface area contributed by atoms with Crippen molar-refractivity contribution in [1.29, 1.82) is 0 Å². The largest absolute Gasteiger partial charge is 0.352 e. The normalized spacial score (nSPS) is 17.0. The van der Waals surface area contributed by atoms with Gasteiger partial charge in [0.15, 0.2) is 0 Å². The van der Waals surface area contributed by atoms with Crippen molar-refractivity contribution in [3.63, 3.8) is 0 Å². The van der Waals surface area contributed by atoms with Crippen LogP contribution in [0.5, 0.6) is 0 Å². The fourth-order valence-corrected chi connectivity index (χ4v) is 3.56. The van der Waals surface area contributed by atoms with E-state index in [4.69, 9.17) is 0 Å². The zero-order chi connectivity index (χ0) is 20.1. The molecule has 1 aliphatic heterocycles. The fraction of sp³-hybridized carbons (Fsp3) is 0.476. The third kappa shape index (κ3) is 5.03. The lowest BCUT2D eigenvalue weighted by Crippen LogP contribution is -2.40. The Kier molecular flexibility index (Phi) is 6.54. The maximum absolute atomic E-state index is 13.8. The molecule has 1 aromatic carbocycles. The van der Waals surface area contributed by atoms with Gasteiger partial charge < -0.3 is 10.2 Å². The van der Waals surface area contributed by atoms with Crippen molar-refractivity contribution < 1.29 is 13.6 Å². The molecule has 0 spiro atoms. The van der Waals surface area contributed by atoms with Crippen LogP contribution in [0.2, 0.25) is 0 Å². The van der Waals surface area contributed by atoms with Gasteiger partial charge >= 0.3 is 0 Å². The average molecular weight is 388 g/mol. The maximum atomic E-state index is 13.8. The second-order valence-corrected chi connectivity index (χ2v) is 7.59. The molecule has 5 nitrogen and oxygen atoms in total. The molecular formula is C21H26F2N4O. The van der Waals surface area contributed by atoms with E-state index in [1.807, 2.05) is 13.8 Å². The number of benzene rings is 1. The molecule has 2 heterocycles. The van der Waals surface area contributed by atoms with Crippen LogP contribution in [0, 0.1) is 17.6 Å². The van der Waals surface area contributed by atoms with Crippen LogP contribution in [0.4, 0.5) is 14.7 Å². The molecule has 1 amide bonds. The Balaban J connectivity index is 1.59. The summed E-state index contributed by atoms with van der Waals surface area (Å²) in [6, 6.07) is 4.16. The van der Waals surface area contributed by atoms with Gasteiger partial charge in [-0.05, 0) is 57.6 Å². The van der Waals surface area contributed by atoms with E-state index in [-0.39, 0.29) is 23.4 Å². The van der Waals surface area contributed by atoms with E-state index in [1.54, 1.807) is 17.3 Å². The molecule has 28 heavy (non-hydrogen) atoms. The Morgan fingerprint density at radius 2 is 1.93 bits per heavy atom. The molecular weight excluding hydrogens is 362 g/mol. The van der Waals surface area contributed by atoms with Crippen molar-refractivity contribution in [1.82, 2.24) is 14.9 Å². The van der Waals surface area contributed by atoms with Gasteiger partial charge in [0.1, 0.15) is 11.6 Å². The van der Waals surface area contributed by atoms with Gasteiger partial charge in [-0.25, -0.2) is 18.7 Å². The Morgan fingerprint density at radius 3 is 2.57 bits per heavy atom. The second-order valence-electron chi connectivity index (χ2n) is 7.59. The van der Waals surface area contributed by atoms with Crippen LogP contribution in [0.3, 0.4) is 0 Å². The number of nitrogens with one attached hydrogen (secondary N) is 1. The van der Waals surface area contributed by atoms with Crippen LogP contribution in [0.15, 0.2) is 30.6 Å². The molecule has 1 atom stereocenters. The summed E-state index contributed by atoms with van der Waals surface area (Å²) in [5, 5.41) is 3.09. The summed E-state index contributed by atoms with van der Waals surface area (Å²) in [6.45, 7) is 5.24. The Hall–Kier alpha value is -2.57. The van der Waals surface area contributed by atoms with Gasteiger partial charge in [-0.2, -0.15) is 0 Å². The predicted octanol–water partition coefficient (Wildman–Crippen LogP) is 4.06. The lowest BCUT2D eigenvalue weighted by atomic mass is 9.91. The number of piperidine rings is 1. The Bertz CT molecular complexity index is 790. The monoisotopic (exact) mass is 388 g/mol. The second kappa shape index (κ2) is 9.08. The number of rotatable bonds is 6. The van der Waals surface area contributed by atoms with E-state index in [0.717, 1.165) is 12.8 Å². The van der Waals surface area contributed by atoms with Crippen molar-refractivity contribution in [3.05, 3.63) is 53.4 Å². The highest BCUT2D eigenvalue weighted by Gasteiger charge is 2.25. The molecule has 1 fully saturated rings. The summed E-state index contributed by atoms with van der Waals surface area (Å²) in [4.78, 5) is 23.0. The molecule has 1 unspecified atom stereocenters. The number of likely N-dealkylation sites (tertiary alicyclic amines) is 1. The van der Waals surface area contributed by atoms with E-state index >= 15 is 0 Å². The van der Waals surface area contributed by atoms with Crippen molar-refractivity contribution >= 4 is 11.9 Å². The number of hydrogen-bond acceptors (Lipinski definition) is 4. The van der Waals surface area contributed by atoms with Gasteiger partial charge in [0, 0.05) is 37.1 Å². The fourth-order valence-electron chi connectivity index (χ4n) is 3.56. The van der Waals surface area contributed by atoms with Gasteiger partial charge in [0.2, 0.25) is 5.95 Å². The quantitative estimate of drug-likeness (QED) is 0.811. The first-order valence-corrected chi connectivity index (χ1v) is 9.74. The number of hydrogen-bond donors (Lipinski definition) is 1. The zero-order valence-electron chi connectivity index (χ0n) is 16.3. The molecule has 7 heteroatoms. The number of anilines is 1. The van der Waals surface area contributed by atoms with E-state index in [2.05, 4.69) is 15.3 Å². The van der Waals surface area contributed by atoms with Gasteiger partial charge in [-0.1, -0.05) is 6.07 Å². The minimum atomic E-state index is -0.504. The van der Waals surface area contributed by atoms with E-state index < -0.39 is 11.6 Å². The molecule has 0 saturated carbocycles.